The number of fused-ring (bicyclic) bond motifs is 3. The Balaban J connectivity index is 1.58. The predicted octanol–water partition coefficient (Wildman–Crippen LogP) is 3.60. The van der Waals surface area contributed by atoms with Gasteiger partial charge < -0.3 is 24.1 Å². The normalized spacial score (nSPS) is 20.5. The number of hydrogen-bond donors (Lipinski definition) is 1. The topological polar surface area (TPSA) is 77.2 Å². The molecular weight excluding hydrogens is 382 g/mol. The molecule has 4 rings (SSSR count). The molecule has 2 aromatic carbocycles. The van der Waals surface area contributed by atoms with Crippen LogP contribution in [0.4, 0.5) is 0 Å². The number of carboxylic acids is 1. The minimum absolute atomic E-state index is 0.0253. The van der Waals surface area contributed by atoms with Crippen LogP contribution in [-0.4, -0.2) is 53.8 Å². The average Bonchev–Trinajstić information content (AvgIpc) is 3.42. The zero-order valence-corrected chi connectivity index (χ0v) is 16.4. The van der Waals surface area contributed by atoms with Crippen molar-refractivity contribution in [3.05, 3.63) is 42.0 Å². The second-order valence-corrected chi connectivity index (χ2v) is 8.25. The summed E-state index contributed by atoms with van der Waals surface area (Å²) in [4.78, 5) is 12.6. The van der Waals surface area contributed by atoms with Crippen molar-refractivity contribution in [3.63, 3.8) is 0 Å². The fourth-order valence-electron chi connectivity index (χ4n) is 2.97. The Morgan fingerprint density at radius 2 is 2.07 bits per heavy atom. The van der Waals surface area contributed by atoms with Gasteiger partial charge in [0.25, 0.3) is 0 Å². The van der Waals surface area contributed by atoms with Gasteiger partial charge in [-0.2, -0.15) is 0 Å². The first-order chi connectivity index (χ1) is 13.5. The lowest BCUT2D eigenvalue weighted by molar-refractivity contribution is 0.0693. The van der Waals surface area contributed by atoms with Gasteiger partial charge in [0.2, 0.25) is 0 Å². The highest BCUT2D eigenvalue weighted by atomic mass is 32.2. The van der Waals surface area contributed by atoms with Crippen molar-refractivity contribution in [1.29, 1.82) is 0 Å². The molecule has 0 saturated carbocycles. The van der Waals surface area contributed by atoms with Crippen LogP contribution in [0.25, 0.3) is 0 Å². The van der Waals surface area contributed by atoms with Gasteiger partial charge in [0.1, 0.15) is 35.7 Å². The summed E-state index contributed by atoms with van der Waals surface area (Å²) in [6, 6.07) is 10.3. The molecule has 1 N–H and O–H groups in total. The summed E-state index contributed by atoms with van der Waals surface area (Å²) in [5, 5.41) is 9.40. The molecule has 28 heavy (non-hydrogen) atoms. The van der Waals surface area contributed by atoms with E-state index < -0.39 is 5.97 Å². The third-order valence-corrected chi connectivity index (χ3v) is 6.05. The first kappa shape index (κ1) is 18.8. The molecule has 2 aliphatic heterocycles. The molecule has 0 fully saturated rings. The Morgan fingerprint density at radius 1 is 1.25 bits per heavy atom. The second kappa shape index (κ2) is 7.83. The Morgan fingerprint density at radius 3 is 2.86 bits per heavy atom. The number of benzene rings is 2. The third kappa shape index (κ3) is 4.14. The van der Waals surface area contributed by atoms with Gasteiger partial charge in [-0.25, -0.2) is 9.10 Å². The molecule has 2 aromatic rings. The Hall–Kier alpha value is -2.55. The number of ether oxygens (including phenoxy) is 4. The first-order valence-electron chi connectivity index (χ1n) is 8.87. The molecule has 148 valence electrons. The number of methoxy groups -OCH3 is 1. The van der Waals surface area contributed by atoms with Gasteiger partial charge in [-0.3, -0.25) is 0 Å². The highest BCUT2D eigenvalue weighted by Crippen LogP contribution is 2.48. The van der Waals surface area contributed by atoms with Crippen LogP contribution in [0.15, 0.2) is 41.3 Å². The molecule has 3 atom stereocenters. The lowest BCUT2D eigenvalue weighted by Gasteiger charge is -2.16. The van der Waals surface area contributed by atoms with Crippen LogP contribution in [-0.2, 0) is 4.74 Å². The quantitative estimate of drug-likeness (QED) is 0.708. The van der Waals surface area contributed by atoms with Crippen molar-refractivity contribution >= 4 is 22.1 Å². The molecule has 0 aromatic heterocycles. The lowest BCUT2D eigenvalue weighted by Crippen LogP contribution is -2.18. The molecule has 2 unspecified atom stereocenters. The van der Waals surface area contributed by atoms with Crippen molar-refractivity contribution in [2.45, 2.75) is 17.9 Å². The van der Waals surface area contributed by atoms with E-state index in [1.807, 2.05) is 25.1 Å². The van der Waals surface area contributed by atoms with Gasteiger partial charge in [0.15, 0.2) is 0 Å². The third-order valence-electron chi connectivity index (χ3n) is 4.24. The summed E-state index contributed by atoms with van der Waals surface area (Å²) in [6.07, 6.45) is -0.221. The molecule has 0 saturated heterocycles. The highest BCUT2D eigenvalue weighted by Gasteiger charge is 2.28. The number of carbonyl (C=O) groups is 1. The number of carboxylic acid groups (broad SMARTS) is 1. The van der Waals surface area contributed by atoms with E-state index in [1.165, 1.54) is 12.1 Å². The van der Waals surface area contributed by atoms with Crippen LogP contribution in [0.1, 0.15) is 17.3 Å². The van der Waals surface area contributed by atoms with E-state index in [0.29, 0.717) is 30.5 Å². The largest absolute Gasteiger partial charge is 0.491 e. The van der Waals surface area contributed by atoms with Crippen LogP contribution in [0, 0.1) is 0 Å². The van der Waals surface area contributed by atoms with Gasteiger partial charge in [-0.15, -0.1) is 0 Å². The van der Waals surface area contributed by atoms with Crippen LogP contribution >= 0.6 is 10.7 Å². The molecule has 7 nitrogen and oxygen atoms in total. The number of rotatable bonds is 7. The Kier molecular flexibility index (Phi) is 5.25. The van der Waals surface area contributed by atoms with Crippen molar-refractivity contribution in [2.75, 3.05) is 26.9 Å². The lowest BCUT2D eigenvalue weighted by atomic mass is 10.2. The summed E-state index contributed by atoms with van der Waals surface area (Å²) >= 11 is 0. The summed E-state index contributed by atoms with van der Waals surface area (Å²) < 4.78 is 24.8. The number of aromatic carboxylic acids is 1. The van der Waals surface area contributed by atoms with Crippen molar-refractivity contribution in [3.8, 4) is 23.0 Å². The summed E-state index contributed by atoms with van der Waals surface area (Å²) in [5.74, 6) is 1.13. The molecule has 0 aliphatic carbocycles. The predicted molar refractivity (Wildman–Crippen MR) is 106 cm³/mol. The molecule has 2 heterocycles. The first-order valence-corrected chi connectivity index (χ1v) is 10.1. The van der Waals surface area contributed by atoms with Gasteiger partial charge in [-0.1, -0.05) is 10.7 Å². The molecule has 0 radical (unpaired) electrons. The van der Waals surface area contributed by atoms with Crippen LogP contribution in [0.2, 0.25) is 0 Å². The number of nitrogens with zero attached hydrogens (tertiary/aromatic N) is 1. The molecule has 0 spiro atoms. The molecule has 2 aliphatic rings. The number of hydrogen-bond acceptors (Lipinski definition) is 6. The summed E-state index contributed by atoms with van der Waals surface area (Å²) in [6.45, 7) is 3.75. The minimum Gasteiger partial charge on any atom is -0.491 e. The van der Waals surface area contributed by atoms with E-state index in [-0.39, 0.29) is 22.3 Å². The zero-order valence-electron chi connectivity index (χ0n) is 15.6. The van der Waals surface area contributed by atoms with Crippen LogP contribution in [0.5, 0.6) is 23.0 Å². The SMILES string of the molecule is COC[C@H](C)Oc1cc(Oc2ccc3c(c2)OCCN2C=S32)cc(C(=O)O)c1. The Bertz CT molecular complexity index is 944. The van der Waals surface area contributed by atoms with Crippen LogP contribution < -0.4 is 14.2 Å². The van der Waals surface area contributed by atoms with Crippen molar-refractivity contribution in [1.82, 2.24) is 4.31 Å². The van der Waals surface area contributed by atoms with Crippen molar-refractivity contribution in [2.24, 2.45) is 0 Å². The smallest absolute Gasteiger partial charge is 0.335 e. The molecule has 0 bridgehead atoms. The maximum Gasteiger partial charge on any atom is 0.335 e. The standard InChI is InChI=1S/C20H21NO6S/c1-13(11-24-2)26-16-7-14(20(22)23)8-17(9-16)27-15-3-4-19-18(10-15)25-6-5-21-12-28(19)21/h3-4,7-10,12-13H,5-6,11H2,1-2H3,(H,22,23)/t13-,21?,28?/m0/s1. The molecule has 0 amide bonds. The van der Waals surface area contributed by atoms with E-state index in [2.05, 4.69) is 9.80 Å². The van der Waals surface area contributed by atoms with E-state index in [1.54, 1.807) is 13.2 Å². The van der Waals surface area contributed by atoms with E-state index >= 15 is 0 Å². The monoisotopic (exact) mass is 403 g/mol. The van der Waals surface area contributed by atoms with E-state index in [0.717, 1.165) is 17.2 Å². The Labute approximate surface area is 165 Å². The van der Waals surface area contributed by atoms with Crippen molar-refractivity contribution < 1.29 is 28.8 Å². The summed E-state index contributed by atoms with van der Waals surface area (Å²) in [7, 11) is 1.61. The fraction of sp³-hybridized carbons (Fsp3) is 0.300. The van der Waals surface area contributed by atoms with Gasteiger partial charge >= 0.3 is 5.97 Å². The van der Waals surface area contributed by atoms with Gasteiger partial charge in [-0.05, 0) is 31.2 Å². The molecular formula is C20H21NO6S. The second-order valence-electron chi connectivity index (χ2n) is 6.50. The van der Waals surface area contributed by atoms with Gasteiger partial charge in [0.05, 0.1) is 17.1 Å². The highest BCUT2D eigenvalue weighted by molar-refractivity contribution is 8.20. The van der Waals surface area contributed by atoms with E-state index in [9.17, 15) is 9.90 Å². The summed E-state index contributed by atoms with van der Waals surface area (Å²) in [5.41, 5.74) is 2.29. The maximum atomic E-state index is 11.5. The average molecular weight is 403 g/mol. The van der Waals surface area contributed by atoms with E-state index in [4.69, 9.17) is 18.9 Å². The fourth-order valence-corrected chi connectivity index (χ4v) is 4.56. The zero-order chi connectivity index (χ0) is 19.7. The minimum atomic E-state index is -1.05. The van der Waals surface area contributed by atoms with Gasteiger partial charge in [0, 0.05) is 31.3 Å². The maximum absolute atomic E-state index is 11.5. The van der Waals surface area contributed by atoms with Crippen LogP contribution in [0.3, 0.4) is 0 Å². The molecule has 8 heteroatoms.